The van der Waals surface area contributed by atoms with Gasteiger partial charge in [-0.15, -0.1) is 21.9 Å². The fraction of sp³-hybridized carbons (Fsp3) is 0.0625. The van der Waals surface area contributed by atoms with Crippen molar-refractivity contribution in [2.24, 2.45) is 5.73 Å². The van der Waals surface area contributed by atoms with Gasteiger partial charge in [0.15, 0.2) is 69.8 Å². The van der Waals surface area contributed by atoms with Gasteiger partial charge in [-0.05, 0) is 5.56 Å². The Labute approximate surface area is 297 Å². The van der Waals surface area contributed by atoms with Crippen LogP contribution in [0.3, 0.4) is 0 Å². The van der Waals surface area contributed by atoms with Gasteiger partial charge >= 0.3 is 6.54 Å². The number of nitrogens with two attached hydrogens (primary N) is 1. The summed E-state index contributed by atoms with van der Waals surface area (Å²) in [6.07, 6.45) is -7.22. The first-order valence-electron chi connectivity index (χ1n) is 14.4. The van der Waals surface area contributed by atoms with Crippen LogP contribution in [0.15, 0.2) is 24.3 Å². The fourth-order valence-corrected chi connectivity index (χ4v) is 5.74. The minimum Gasteiger partial charge on any atom is -0.326 e. The van der Waals surface area contributed by atoms with Gasteiger partial charge in [0, 0.05) is 12.1 Å². The van der Waals surface area contributed by atoms with Gasteiger partial charge in [0.1, 0.15) is 57.7 Å². The SMILES string of the molecule is Fc1c(F)c(F)c([B-](c2c(F)c(F)c(F)c(F)c2F)(c2c(F)c(F)c(F)c(F)c2F)c2c(F)c(F)c(F)c(F)c2F)c(F)c1F.N#[N+]Cc1ccc(CN)cc1. The number of halogens is 20. The molecule has 3 nitrogen and oxygen atoms in total. The maximum Gasteiger partial charge on any atom is 0.330 e. The minimum atomic E-state index is -7.22. The Morgan fingerprint density at radius 1 is 0.339 bits per heavy atom. The normalized spacial score (nSPS) is 11.4. The van der Waals surface area contributed by atoms with E-state index in [1.807, 2.05) is 24.3 Å². The highest BCUT2D eigenvalue weighted by Gasteiger charge is 2.52. The zero-order valence-electron chi connectivity index (χ0n) is 26.3. The zero-order chi connectivity index (χ0) is 42.5. The summed E-state index contributed by atoms with van der Waals surface area (Å²) in [4.78, 5) is 3.03. The minimum absolute atomic E-state index is 0.352. The average Bonchev–Trinajstić information content (AvgIpc) is 3.18. The van der Waals surface area contributed by atoms with E-state index in [4.69, 9.17) is 11.1 Å². The molecule has 0 aliphatic rings. The van der Waals surface area contributed by atoms with Crippen molar-refractivity contribution in [1.29, 1.82) is 5.39 Å². The third kappa shape index (κ3) is 6.42. The molecule has 296 valence electrons. The van der Waals surface area contributed by atoms with Crippen molar-refractivity contribution >= 4 is 28.0 Å². The molecule has 5 rings (SSSR count). The molecule has 0 fully saturated rings. The smallest absolute Gasteiger partial charge is 0.326 e. The van der Waals surface area contributed by atoms with Gasteiger partial charge < -0.3 is 5.73 Å². The van der Waals surface area contributed by atoms with E-state index in [2.05, 4.69) is 4.98 Å². The Morgan fingerprint density at radius 3 is 0.696 bits per heavy atom. The molecule has 0 radical (unpaired) electrons. The molecule has 0 aromatic heterocycles. The van der Waals surface area contributed by atoms with Crippen LogP contribution in [0.25, 0.3) is 4.98 Å². The predicted octanol–water partition coefficient (Wildman–Crippen LogP) is 7.34. The molecule has 0 saturated heterocycles. The molecule has 0 aliphatic heterocycles. The van der Waals surface area contributed by atoms with Crippen molar-refractivity contribution in [3.05, 3.63) is 157 Å². The van der Waals surface area contributed by atoms with Gasteiger partial charge in [-0.25, -0.2) is 87.8 Å². The summed E-state index contributed by atoms with van der Waals surface area (Å²) in [5, 5.41) is 8.25. The molecule has 0 spiro atoms. The lowest BCUT2D eigenvalue weighted by Gasteiger charge is -2.44. The zero-order valence-corrected chi connectivity index (χ0v) is 26.3. The van der Waals surface area contributed by atoms with Crippen LogP contribution in [0, 0.1) is 122 Å². The average molecular weight is 827 g/mol. The molecule has 5 aromatic rings. The first-order valence-corrected chi connectivity index (χ1v) is 14.4. The molecule has 0 aliphatic carbocycles. The van der Waals surface area contributed by atoms with E-state index in [9.17, 15) is 52.7 Å². The van der Waals surface area contributed by atoms with Gasteiger partial charge in [0.05, 0.1) is 0 Å². The molecule has 5 aromatic carbocycles. The molecule has 0 amide bonds. The summed E-state index contributed by atoms with van der Waals surface area (Å²) in [7, 11) is 0. The second kappa shape index (κ2) is 15.7. The monoisotopic (exact) mass is 827 g/mol. The van der Waals surface area contributed by atoms with E-state index in [1.165, 1.54) is 0 Å². The molecule has 0 heterocycles. The standard InChI is InChI=1S/C24BF20.C8H10N3/c26-5-1(6(27)14(35)21(42)13(5)34)25(2-7(28)15(36)22(43)16(37)8(2)29,3-9(30)17(38)23(44)18(39)10(3)31)4-11(32)19(40)24(45)20(41)12(4)33;9-5-7-1-3-8(4-2-7)6-11-10/h;1-4H,5-6,9H2/q-1;+1. The number of diazo groups is 1. The van der Waals surface area contributed by atoms with E-state index in [1.54, 1.807) is 0 Å². The van der Waals surface area contributed by atoms with Gasteiger partial charge in [0.25, 0.3) is 0 Å². The van der Waals surface area contributed by atoms with E-state index in [0.717, 1.165) is 11.1 Å². The molecule has 2 N–H and O–H groups in total. The Hall–Kier alpha value is -5.86. The molecule has 0 bridgehead atoms. The van der Waals surface area contributed by atoms with Crippen LogP contribution in [0.4, 0.5) is 87.8 Å². The van der Waals surface area contributed by atoms with E-state index >= 15 is 35.1 Å². The highest BCUT2D eigenvalue weighted by molar-refractivity contribution is 7.20. The number of nitrogens with zero attached hydrogens (tertiary/aromatic N) is 2. The summed E-state index contributed by atoms with van der Waals surface area (Å²) in [6, 6.07) is 7.67. The first kappa shape index (κ1) is 42.9. The van der Waals surface area contributed by atoms with Gasteiger partial charge in [0.2, 0.25) is 5.39 Å². The molecular weight excluding hydrogens is 817 g/mol. The van der Waals surface area contributed by atoms with Crippen molar-refractivity contribution in [3.8, 4) is 0 Å². The van der Waals surface area contributed by atoms with E-state index < -0.39 is 144 Å². The van der Waals surface area contributed by atoms with Gasteiger partial charge in [-0.2, -0.15) is 0 Å². The Bertz CT molecular complexity index is 2070. The van der Waals surface area contributed by atoms with Crippen LogP contribution in [0.5, 0.6) is 0 Å². The number of hydrogen-bond donors (Lipinski definition) is 1. The molecule has 0 atom stereocenters. The lowest BCUT2D eigenvalue weighted by atomic mass is 9.12. The first-order chi connectivity index (χ1) is 26.1. The third-order valence-corrected chi connectivity index (χ3v) is 8.22. The van der Waals surface area contributed by atoms with Crippen LogP contribution in [0.2, 0.25) is 0 Å². The molecule has 56 heavy (non-hydrogen) atoms. The summed E-state index contributed by atoms with van der Waals surface area (Å²) in [5.74, 6) is -71.4. The molecule has 0 unspecified atom stereocenters. The van der Waals surface area contributed by atoms with E-state index in [-0.39, 0.29) is 0 Å². The van der Waals surface area contributed by atoms with Gasteiger partial charge in [-0.1, -0.05) is 24.3 Å². The number of rotatable bonds is 6. The maximum absolute atomic E-state index is 15.4. The Kier molecular flexibility index (Phi) is 12.0. The second-order valence-electron chi connectivity index (χ2n) is 11.1. The topological polar surface area (TPSA) is 54.2 Å². The summed E-state index contributed by atoms with van der Waals surface area (Å²) in [6.45, 7) is 0.904. The second-order valence-corrected chi connectivity index (χ2v) is 11.1. The molecule has 24 heteroatoms. The van der Waals surface area contributed by atoms with Crippen molar-refractivity contribution in [3.63, 3.8) is 0 Å². The van der Waals surface area contributed by atoms with Crippen molar-refractivity contribution in [2.45, 2.75) is 13.1 Å². The lowest BCUT2D eigenvalue weighted by molar-refractivity contribution is 0.378. The van der Waals surface area contributed by atoms with Crippen LogP contribution in [-0.4, -0.2) is 6.15 Å². The van der Waals surface area contributed by atoms with E-state index in [0.29, 0.717) is 13.1 Å². The fourth-order valence-electron chi connectivity index (χ4n) is 5.74. The predicted molar refractivity (Wildman–Crippen MR) is 152 cm³/mol. The van der Waals surface area contributed by atoms with Gasteiger partial charge in [-0.3, -0.25) is 0 Å². The highest BCUT2D eigenvalue weighted by Crippen LogP contribution is 2.30. The van der Waals surface area contributed by atoms with Crippen LogP contribution >= 0.6 is 0 Å². The van der Waals surface area contributed by atoms with Crippen LogP contribution in [0.1, 0.15) is 11.1 Å². The maximum atomic E-state index is 15.4. The molecular formula is C32H10BF20N3. The van der Waals surface area contributed by atoms with Crippen LogP contribution < -0.4 is 27.6 Å². The van der Waals surface area contributed by atoms with Crippen molar-refractivity contribution < 1.29 is 87.8 Å². The largest absolute Gasteiger partial charge is 0.330 e. The number of benzene rings is 5. The Morgan fingerprint density at radius 2 is 0.518 bits per heavy atom. The summed E-state index contributed by atoms with van der Waals surface area (Å²) in [5.41, 5.74) is -6.85. The number of hydrogen-bond acceptors (Lipinski definition) is 2. The molecule has 0 saturated carbocycles. The quantitative estimate of drug-likeness (QED) is 0.0641. The van der Waals surface area contributed by atoms with Crippen LogP contribution in [-0.2, 0) is 13.1 Å². The Balaban J connectivity index is 0.000000544. The highest BCUT2D eigenvalue weighted by atomic mass is 19.2. The third-order valence-electron chi connectivity index (χ3n) is 8.22. The van der Waals surface area contributed by atoms with Crippen molar-refractivity contribution in [1.82, 2.24) is 0 Å². The van der Waals surface area contributed by atoms with Crippen molar-refractivity contribution in [2.75, 3.05) is 0 Å². The lowest BCUT2D eigenvalue weighted by Crippen LogP contribution is -2.81. The summed E-state index contributed by atoms with van der Waals surface area (Å²) >= 11 is 0. The summed E-state index contributed by atoms with van der Waals surface area (Å²) < 4.78 is 294.